The molecule has 0 aliphatic carbocycles. The first-order valence-corrected chi connectivity index (χ1v) is 7.55. The van der Waals surface area contributed by atoms with E-state index in [0.717, 1.165) is 24.3 Å². The molecule has 1 fully saturated rings. The number of rotatable bonds is 2. The van der Waals surface area contributed by atoms with E-state index < -0.39 is 0 Å². The van der Waals surface area contributed by atoms with E-state index in [1.165, 1.54) is 6.07 Å². The summed E-state index contributed by atoms with van der Waals surface area (Å²) in [7, 11) is 0. The van der Waals surface area contributed by atoms with Gasteiger partial charge in [0, 0.05) is 29.7 Å². The monoisotopic (exact) mass is 279 g/mol. The van der Waals surface area contributed by atoms with Crippen LogP contribution in [0.2, 0.25) is 0 Å². The van der Waals surface area contributed by atoms with E-state index in [0.29, 0.717) is 6.54 Å². The molecule has 0 aromatic heterocycles. The van der Waals surface area contributed by atoms with E-state index in [4.69, 9.17) is 0 Å². The molecule has 1 amide bonds. The lowest BCUT2D eigenvalue weighted by atomic mass is 10.1. The van der Waals surface area contributed by atoms with E-state index >= 15 is 0 Å². The summed E-state index contributed by atoms with van der Waals surface area (Å²) in [4.78, 5) is 13.7. The Kier molecular flexibility index (Phi) is 5.02. The van der Waals surface area contributed by atoms with Crippen LogP contribution in [0.3, 0.4) is 0 Å². The Hall–Kier alpha value is -1.29. The average molecular weight is 279 g/mol. The maximum absolute atomic E-state index is 13.8. The molecule has 4 heteroatoms. The molecule has 102 valence electrons. The van der Waals surface area contributed by atoms with Crippen molar-refractivity contribution in [1.29, 1.82) is 0 Å². The van der Waals surface area contributed by atoms with Gasteiger partial charge in [-0.1, -0.05) is 24.3 Å². The molecule has 0 radical (unpaired) electrons. The van der Waals surface area contributed by atoms with Gasteiger partial charge in [-0.05, 0) is 25.5 Å². The third kappa shape index (κ3) is 3.60. The van der Waals surface area contributed by atoms with E-state index in [9.17, 15) is 9.18 Å². The molecule has 1 aliphatic rings. The van der Waals surface area contributed by atoms with Crippen LogP contribution < -0.4 is 0 Å². The van der Waals surface area contributed by atoms with Gasteiger partial charge in [-0.2, -0.15) is 11.8 Å². The van der Waals surface area contributed by atoms with Gasteiger partial charge in [0.1, 0.15) is 5.82 Å². The van der Waals surface area contributed by atoms with Crippen LogP contribution in [0.4, 0.5) is 4.39 Å². The average Bonchev–Trinajstić information content (AvgIpc) is 2.65. The van der Waals surface area contributed by atoms with Gasteiger partial charge in [0.15, 0.2) is 0 Å². The number of allylic oxidation sites excluding steroid dienone is 1. The first-order valence-electron chi connectivity index (χ1n) is 6.50. The van der Waals surface area contributed by atoms with Crippen LogP contribution in [0, 0.1) is 5.82 Å². The number of halogens is 1. The number of nitrogens with zero attached hydrogens (tertiary/aromatic N) is 1. The predicted molar refractivity (Wildman–Crippen MR) is 77.6 cm³/mol. The summed E-state index contributed by atoms with van der Waals surface area (Å²) in [5.74, 6) is 0.757. The molecule has 1 unspecified atom stereocenters. The second-order valence-corrected chi connectivity index (χ2v) is 5.81. The van der Waals surface area contributed by atoms with Crippen LogP contribution in [0.25, 0.3) is 0 Å². The minimum atomic E-state index is -0.145. The molecule has 0 bridgehead atoms. The van der Waals surface area contributed by atoms with Gasteiger partial charge in [-0.25, -0.2) is 4.39 Å². The van der Waals surface area contributed by atoms with Crippen molar-refractivity contribution < 1.29 is 9.18 Å². The Labute approximate surface area is 117 Å². The smallest absolute Gasteiger partial charge is 0.246 e. The highest BCUT2D eigenvalue weighted by Gasteiger charge is 2.22. The molecule has 0 spiro atoms. The summed E-state index contributed by atoms with van der Waals surface area (Å²) < 4.78 is 13.8. The summed E-state index contributed by atoms with van der Waals surface area (Å²) in [6.45, 7) is 3.26. The van der Waals surface area contributed by atoms with Crippen molar-refractivity contribution >= 4 is 17.7 Å². The summed E-state index contributed by atoms with van der Waals surface area (Å²) in [5, 5.41) is 0.143. The molecule has 1 aromatic carbocycles. The number of carbonyl (C=O) groups is 1. The summed E-state index contributed by atoms with van der Waals surface area (Å²) in [6.07, 6.45) is 4.15. The van der Waals surface area contributed by atoms with E-state index in [1.807, 2.05) is 24.0 Å². The first kappa shape index (κ1) is 14.1. The van der Waals surface area contributed by atoms with Crippen LogP contribution in [0.5, 0.6) is 0 Å². The SMILES string of the molecule is C/C=C/C(=O)N1CCSC(c2ccccc2F)CC1. The van der Waals surface area contributed by atoms with Crippen molar-refractivity contribution in [3.05, 3.63) is 47.8 Å². The number of benzene rings is 1. The summed E-state index contributed by atoms with van der Waals surface area (Å²) in [6, 6.07) is 6.93. The van der Waals surface area contributed by atoms with Crippen molar-refractivity contribution in [3.8, 4) is 0 Å². The Morgan fingerprint density at radius 1 is 1.42 bits per heavy atom. The summed E-state index contributed by atoms with van der Waals surface area (Å²) in [5.41, 5.74) is 0.757. The van der Waals surface area contributed by atoms with E-state index in [-0.39, 0.29) is 17.0 Å². The maximum atomic E-state index is 13.8. The van der Waals surface area contributed by atoms with Crippen molar-refractivity contribution in [2.45, 2.75) is 18.6 Å². The molecular formula is C15H18FNOS. The Balaban J connectivity index is 2.05. The van der Waals surface area contributed by atoms with Crippen LogP contribution in [-0.2, 0) is 4.79 Å². The molecule has 2 rings (SSSR count). The van der Waals surface area contributed by atoms with E-state index in [2.05, 4.69) is 0 Å². The van der Waals surface area contributed by atoms with E-state index in [1.54, 1.807) is 30.0 Å². The normalized spacial score (nSPS) is 20.5. The van der Waals surface area contributed by atoms with Gasteiger partial charge in [-0.3, -0.25) is 4.79 Å². The molecule has 0 saturated carbocycles. The van der Waals surface area contributed by atoms with Crippen LogP contribution in [0.1, 0.15) is 24.2 Å². The second-order valence-electron chi connectivity index (χ2n) is 4.49. The Bertz CT molecular complexity index is 475. The second kappa shape index (κ2) is 6.75. The lowest BCUT2D eigenvalue weighted by Crippen LogP contribution is -2.31. The largest absolute Gasteiger partial charge is 0.338 e. The molecule has 1 heterocycles. The highest BCUT2D eigenvalue weighted by molar-refractivity contribution is 7.99. The number of carbonyl (C=O) groups excluding carboxylic acids is 1. The molecule has 2 nitrogen and oxygen atoms in total. The minimum absolute atomic E-state index is 0.0530. The molecule has 0 N–H and O–H groups in total. The Morgan fingerprint density at radius 2 is 2.21 bits per heavy atom. The third-order valence-corrected chi connectivity index (χ3v) is 4.52. The van der Waals surface area contributed by atoms with Crippen LogP contribution >= 0.6 is 11.8 Å². The number of amides is 1. The standard InChI is InChI=1S/C15H18FNOS/c1-2-5-15(18)17-9-8-14(19-11-10-17)12-6-3-4-7-13(12)16/h2-7,14H,8-11H2,1H3/b5-2+. The lowest BCUT2D eigenvalue weighted by Gasteiger charge is -2.18. The molecule has 1 saturated heterocycles. The zero-order valence-corrected chi connectivity index (χ0v) is 11.8. The van der Waals surface area contributed by atoms with Gasteiger partial charge >= 0.3 is 0 Å². The first-order chi connectivity index (χ1) is 9.22. The third-order valence-electron chi connectivity index (χ3n) is 3.21. The Morgan fingerprint density at radius 3 is 2.95 bits per heavy atom. The van der Waals surface area contributed by atoms with Gasteiger partial charge < -0.3 is 4.90 Å². The number of hydrogen-bond acceptors (Lipinski definition) is 2. The number of thioether (sulfide) groups is 1. The van der Waals surface area contributed by atoms with Gasteiger partial charge in [0.25, 0.3) is 0 Å². The van der Waals surface area contributed by atoms with Gasteiger partial charge in [-0.15, -0.1) is 0 Å². The van der Waals surface area contributed by atoms with Gasteiger partial charge in [0.05, 0.1) is 0 Å². The van der Waals surface area contributed by atoms with Crippen molar-refractivity contribution in [2.75, 3.05) is 18.8 Å². The van der Waals surface area contributed by atoms with Crippen molar-refractivity contribution in [2.24, 2.45) is 0 Å². The van der Waals surface area contributed by atoms with Gasteiger partial charge in [0.2, 0.25) is 5.91 Å². The zero-order chi connectivity index (χ0) is 13.7. The molecule has 1 aliphatic heterocycles. The fourth-order valence-corrected chi connectivity index (χ4v) is 3.48. The van der Waals surface area contributed by atoms with Crippen molar-refractivity contribution in [3.63, 3.8) is 0 Å². The quantitative estimate of drug-likeness (QED) is 0.773. The lowest BCUT2D eigenvalue weighted by molar-refractivity contribution is -0.125. The maximum Gasteiger partial charge on any atom is 0.246 e. The van der Waals surface area contributed by atoms with Crippen molar-refractivity contribution in [1.82, 2.24) is 4.90 Å². The summed E-state index contributed by atoms with van der Waals surface area (Å²) >= 11 is 1.73. The fraction of sp³-hybridized carbons (Fsp3) is 0.400. The molecular weight excluding hydrogens is 261 g/mol. The zero-order valence-electron chi connectivity index (χ0n) is 11.0. The fourth-order valence-electron chi connectivity index (χ4n) is 2.22. The molecule has 1 aromatic rings. The highest BCUT2D eigenvalue weighted by atomic mass is 32.2. The minimum Gasteiger partial charge on any atom is -0.338 e. The molecule has 1 atom stereocenters. The predicted octanol–water partition coefficient (Wildman–Crippen LogP) is 3.41. The van der Waals surface area contributed by atoms with Crippen LogP contribution in [0.15, 0.2) is 36.4 Å². The number of hydrogen-bond donors (Lipinski definition) is 0. The molecule has 19 heavy (non-hydrogen) atoms. The highest BCUT2D eigenvalue weighted by Crippen LogP contribution is 2.35. The topological polar surface area (TPSA) is 20.3 Å². The van der Waals surface area contributed by atoms with Crippen LogP contribution in [-0.4, -0.2) is 29.6 Å².